The van der Waals surface area contributed by atoms with E-state index in [-0.39, 0.29) is 23.8 Å². The quantitative estimate of drug-likeness (QED) is 0.524. The minimum Gasteiger partial charge on any atom is -0.370 e. The molecule has 0 radical (unpaired) electrons. The average Bonchev–Trinajstić information content (AvgIpc) is 2.24. The Morgan fingerprint density at radius 3 is 2.37 bits per heavy atom. The fourth-order valence-electron chi connectivity index (χ4n) is 1.60. The van der Waals surface area contributed by atoms with Crippen LogP contribution >= 0.6 is 0 Å². The Bertz CT molecular complexity index is 317. The monoisotopic (exact) mass is 268 g/mol. The maximum Gasteiger partial charge on any atom is 0.220 e. The molecule has 2 amide bonds. The lowest BCUT2D eigenvalue weighted by molar-refractivity contribution is -0.122. The SMILES string of the molecule is CCCCCC(=O)N[C@@H](/C=C/C(C)(C)C)CC(N)=O. The standard InChI is InChI=1S/C15H28N2O2/c1-5-6-7-8-14(19)17-12(11-13(16)18)9-10-15(2,3)4/h9-10,12H,5-8,11H2,1-4H3,(H2,16,18)(H,17,19)/b10-9+/t12-/m0/s1. The molecule has 0 aliphatic heterocycles. The zero-order chi connectivity index (χ0) is 14.9. The van der Waals surface area contributed by atoms with Gasteiger partial charge >= 0.3 is 0 Å². The molecule has 4 heteroatoms. The molecule has 0 unspecified atom stereocenters. The van der Waals surface area contributed by atoms with Gasteiger partial charge in [0.2, 0.25) is 11.8 Å². The molecule has 19 heavy (non-hydrogen) atoms. The van der Waals surface area contributed by atoms with Gasteiger partial charge in [0, 0.05) is 6.42 Å². The predicted octanol–water partition coefficient (Wildman–Crippen LogP) is 2.53. The molecule has 1 atom stereocenters. The Morgan fingerprint density at radius 1 is 1.26 bits per heavy atom. The Labute approximate surface area is 116 Å². The third-order valence-corrected chi connectivity index (χ3v) is 2.60. The van der Waals surface area contributed by atoms with Gasteiger partial charge in [0.1, 0.15) is 0 Å². The van der Waals surface area contributed by atoms with Crippen LogP contribution in [-0.2, 0) is 9.59 Å². The predicted molar refractivity (Wildman–Crippen MR) is 78.5 cm³/mol. The number of allylic oxidation sites excluding steroid dienone is 1. The zero-order valence-corrected chi connectivity index (χ0v) is 12.7. The molecule has 0 fully saturated rings. The van der Waals surface area contributed by atoms with Crippen molar-refractivity contribution in [2.75, 3.05) is 0 Å². The molecule has 0 bridgehead atoms. The third-order valence-electron chi connectivity index (χ3n) is 2.60. The number of nitrogens with one attached hydrogen (secondary N) is 1. The summed E-state index contributed by atoms with van der Waals surface area (Å²) in [5.74, 6) is -0.421. The summed E-state index contributed by atoms with van der Waals surface area (Å²) in [4.78, 5) is 22.8. The van der Waals surface area contributed by atoms with E-state index in [0.29, 0.717) is 6.42 Å². The van der Waals surface area contributed by atoms with Crippen LogP contribution < -0.4 is 11.1 Å². The number of carbonyl (C=O) groups is 2. The molecular formula is C15H28N2O2. The van der Waals surface area contributed by atoms with E-state index in [1.54, 1.807) is 0 Å². The zero-order valence-electron chi connectivity index (χ0n) is 12.7. The van der Waals surface area contributed by atoms with E-state index in [4.69, 9.17) is 5.73 Å². The van der Waals surface area contributed by atoms with Crippen LogP contribution in [0.25, 0.3) is 0 Å². The van der Waals surface area contributed by atoms with E-state index in [1.165, 1.54) is 0 Å². The van der Waals surface area contributed by atoms with Crippen LogP contribution in [0.2, 0.25) is 0 Å². The number of unbranched alkanes of at least 4 members (excludes halogenated alkanes) is 2. The van der Waals surface area contributed by atoms with Gasteiger partial charge in [-0.15, -0.1) is 0 Å². The first-order valence-electron chi connectivity index (χ1n) is 7.01. The van der Waals surface area contributed by atoms with Crippen molar-refractivity contribution >= 4 is 11.8 Å². The van der Waals surface area contributed by atoms with Gasteiger partial charge < -0.3 is 11.1 Å². The molecule has 0 saturated carbocycles. The van der Waals surface area contributed by atoms with Crippen molar-refractivity contribution in [2.45, 2.75) is 65.8 Å². The van der Waals surface area contributed by atoms with Gasteiger partial charge in [-0.05, 0) is 11.8 Å². The van der Waals surface area contributed by atoms with Crippen molar-refractivity contribution in [1.82, 2.24) is 5.32 Å². The highest BCUT2D eigenvalue weighted by Crippen LogP contribution is 2.15. The van der Waals surface area contributed by atoms with Crippen molar-refractivity contribution in [3.8, 4) is 0 Å². The number of amides is 2. The molecule has 0 aromatic carbocycles. The number of hydrogen-bond acceptors (Lipinski definition) is 2. The van der Waals surface area contributed by atoms with Gasteiger partial charge in [0.05, 0.1) is 12.5 Å². The highest BCUT2D eigenvalue weighted by Gasteiger charge is 2.13. The Balaban J connectivity index is 4.38. The highest BCUT2D eigenvalue weighted by molar-refractivity contribution is 5.79. The maximum absolute atomic E-state index is 11.7. The lowest BCUT2D eigenvalue weighted by atomic mass is 9.95. The van der Waals surface area contributed by atoms with Gasteiger partial charge in [-0.3, -0.25) is 9.59 Å². The molecular weight excluding hydrogens is 240 g/mol. The summed E-state index contributed by atoms with van der Waals surface area (Å²) in [6.07, 6.45) is 7.52. The molecule has 0 aliphatic carbocycles. The van der Waals surface area contributed by atoms with E-state index < -0.39 is 5.91 Å². The molecule has 0 aromatic heterocycles. The van der Waals surface area contributed by atoms with Gasteiger partial charge in [0.25, 0.3) is 0 Å². The normalized spacial score (nSPS) is 13.5. The first-order valence-corrected chi connectivity index (χ1v) is 7.01. The van der Waals surface area contributed by atoms with Crippen molar-refractivity contribution in [1.29, 1.82) is 0 Å². The first kappa shape index (κ1) is 17.7. The van der Waals surface area contributed by atoms with E-state index in [2.05, 4.69) is 33.0 Å². The van der Waals surface area contributed by atoms with Gasteiger partial charge in [0.15, 0.2) is 0 Å². The Kier molecular flexibility index (Phi) is 8.12. The lowest BCUT2D eigenvalue weighted by Crippen LogP contribution is -2.36. The van der Waals surface area contributed by atoms with E-state index >= 15 is 0 Å². The molecule has 0 heterocycles. The molecule has 4 nitrogen and oxygen atoms in total. The van der Waals surface area contributed by atoms with Crippen LogP contribution in [0.4, 0.5) is 0 Å². The summed E-state index contributed by atoms with van der Waals surface area (Å²) in [5.41, 5.74) is 5.22. The number of nitrogens with two attached hydrogens (primary N) is 1. The summed E-state index contributed by atoms with van der Waals surface area (Å²) >= 11 is 0. The second-order valence-corrected chi connectivity index (χ2v) is 6.03. The van der Waals surface area contributed by atoms with E-state index in [0.717, 1.165) is 19.3 Å². The number of carbonyl (C=O) groups excluding carboxylic acids is 2. The lowest BCUT2D eigenvalue weighted by Gasteiger charge is -2.17. The summed E-state index contributed by atoms with van der Waals surface area (Å²) in [6, 6.07) is -0.300. The number of hydrogen-bond donors (Lipinski definition) is 2. The minimum atomic E-state index is -0.405. The molecule has 0 aromatic rings. The van der Waals surface area contributed by atoms with Crippen molar-refractivity contribution in [3.63, 3.8) is 0 Å². The van der Waals surface area contributed by atoms with Gasteiger partial charge in [-0.2, -0.15) is 0 Å². The summed E-state index contributed by atoms with van der Waals surface area (Å²) in [7, 11) is 0. The van der Waals surface area contributed by atoms with Crippen LogP contribution in [0.1, 0.15) is 59.8 Å². The van der Waals surface area contributed by atoms with Crippen molar-refractivity contribution < 1.29 is 9.59 Å². The highest BCUT2D eigenvalue weighted by atomic mass is 16.2. The van der Waals surface area contributed by atoms with Gasteiger partial charge in [-0.1, -0.05) is 52.7 Å². The molecule has 110 valence electrons. The third kappa shape index (κ3) is 11.5. The van der Waals surface area contributed by atoms with E-state index in [1.807, 2.05) is 12.2 Å². The van der Waals surface area contributed by atoms with Crippen molar-refractivity contribution in [2.24, 2.45) is 11.1 Å². The molecule has 0 saturated heterocycles. The number of rotatable bonds is 8. The number of primary amides is 1. The maximum atomic E-state index is 11.7. The van der Waals surface area contributed by atoms with Crippen LogP contribution in [0.3, 0.4) is 0 Å². The smallest absolute Gasteiger partial charge is 0.220 e. The average molecular weight is 268 g/mol. The fraction of sp³-hybridized carbons (Fsp3) is 0.733. The second kappa shape index (κ2) is 8.73. The Morgan fingerprint density at radius 2 is 1.89 bits per heavy atom. The van der Waals surface area contributed by atoms with Crippen LogP contribution in [0, 0.1) is 5.41 Å². The molecule has 3 N–H and O–H groups in total. The van der Waals surface area contributed by atoms with Crippen LogP contribution in [0.5, 0.6) is 0 Å². The van der Waals surface area contributed by atoms with Crippen LogP contribution in [-0.4, -0.2) is 17.9 Å². The summed E-state index contributed by atoms with van der Waals surface area (Å²) < 4.78 is 0. The molecule has 0 spiro atoms. The first-order chi connectivity index (χ1) is 8.74. The summed E-state index contributed by atoms with van der Waals surface area (Å²) in [6.45, 7) is 8.29. The second-order valence-electron chi connectivity index (χ2n) is 6.03. The summed E-state index contributed by atoms with van der Waals surface area (Å²) in [5, 5.41) is 2.85. The van der Waals surface area contributed by atoms with Crippen LogP contribution in [0.15, 0.2) is 12.2 Å². The fourth-order valence-corrected chi connectivity index (χ4v) is 1.60. The molecule has 0 rings (SSSR count). The van der Waals surface area contributed by atoms with Crippen molar-refractivity contribution in [3.05, 3.63) is 12.2 Å². The van der Waals surface area contributed by atoms with Gasteiger partial charge in [-0.25, -0.2) is 0 Å². The van der Waals surface area contributed by atoms with E-state index in [9.17, 15) is 9.59 Å². The largest absolute Gasteiger partial charge is 0.370 e. The molecule has 0 aliphatic rings. The Hall–Kier alpha value is -1.32. The minimum absolute atomic E-state index is 0.0155. The topological polar surface area (TPSA) is 72.2 Å².